The van der Waals surface area contributed by atoms with Gasteiger partial charge in [-0.15, -0.1) is 0 Å². The second kappa shape index (κ2) is 8.46. The lowest BCUT2D eigenvalue weighted by molar-refractivity contribution is -0.143. The van der Waals surface area contributed by atoms with Gasteiger partial charge in [-0.1, -0.05) is 50.2 Å². The van der Waals surface area contributed by atoms with Crippen LogP contribution in [0.1, 0.15) is 36.6 Å². The maximum atomic E-state index is 13.1. The first-order valence-electron chi connectivity index (χ1n) is 9.80. The summed E-state index contributed by atoms with van der Waals surface area (Å²) in [6.45, 7) is 4.77. The van der Waals surface area contributed by atoms with E-state index in [4.69, 9.17) is 0 Å². The van der Waals surface area contributed by atoms with Gasteiger partial charge >= 0.3 is 0 Å². The number of anilines is 1. The molecular formula is C23H29N3O2. The number of nitrogens with zero attached hydrogens (tertiary/aromatic N) is 2. The van der Waals surface area contributed by atoms with E-state index in [1.807, 2.05) is 81.4 Å². The molecule has 0 bridgehead atoms. The van der Waals surface area contributed by atoms with Gasteiger partial charge in [-0.25, -0.2) is 0 Å². The third kappa shape index (κ3) is 4.19. The van der Waals surface area contributed by atoms with Crippen molar-refractivity contribution in [1.29, 1.82) is 0 Å². The lowest BCUT2D eigenvalue weighted by Gasteiger charge is -2.37. The van der Waals surface area contributed by atoms with Gasteiger partial charge < -0.3 is 15.1 Å². The Labute approximate surface area is 167 Å². The molecular weight excluding hydrogens is 350 g/mol. The number of nitrogens with one attached hydrogen (secondary N) is 1. The molecule has 1 heterocycles. The number of amides is 2. The van der Waals surface area contributed by atoms with Crippen LogP contribution < -0.4 is 10.2 Å². The van der Waals surface area contributed by atoms with E-state index in [0.717, 1.165) is 28.8 Å². The van der Waals surface area contributed by atoms with Crippen molar-refractivity contribution in [2.45, 2.75) is 32.9 Å². The largest absolute Gasteiger partial charge is 0.378 e. The van der Waals surface area contributed by atoms with Crippen LogP contribution in [0.25, 0.3) is 0 Å². The van der Waals surface area contributed by atoms with Crippen LogP contribution in [-0.2, 0) is 22.6 Å². The van der Waals surface area contributed by atoms with Crippen LogP contribution in [0.4, 0.5) is 5.69 Å². The van der Waals surface area contributed by atoms with Crippen molar-refractivity contribution >= 4 is 17.5 Å². The van der Waals surface area contributed by atoms with E-state index in [1.165, 1.54) is 0 Å². The highest BCUT2D eigenvalue weighted by Gasteiger charge is 2.36. The number of fused-ring (bicyclic) bond motifs is 1. The van der Waals surface area contributed by atoms with Gasteiger partial charge in [0, 0.05) is 38.8 Å². The molecule has 0 saturated heterocycles. The van der Waals surface area contributed by atoms with Gasteiger partial charge in [-0.2, -0.15) is 0 Å². The van der Waals surface area contributed by atoms with Crippen molar-refractivity contribution in [3.8, 4) is 0 Å². The maximum Gasteiger partial charge on any atom is 0.247 e. The summed E-state index contributed by atoms with van der Waals surface area (Å²) in [4.78, 5) is 29.6. The first-order valence-corrected chi connectivity index (χ1v) is 9.80. The first-order chi connectivity index (χ1) is 13.4. The van der Waals surface area contributed by atoms with Crippen LogP contribution in [0.3, 0.4) is 0 Å². The normalized spacial score (nSPS) is 15.9. The van der Waals surface area contributed by atoms with Crippen LogP contribution in [0.2, 0.25) is 0 Å². The molecule has 0 spiro atoms. The molecule has 1 unspecified atom stereocenters. The zero-order chi connectivity index (χ0) is 20.3. The summed E-state index contributed by atoms with van der Waals surface area (Å²) in [5.41, 5.74) is 4.23. The van der Waals surface area contributed by atoms with Gasteiger partial charge in [0.05, 0.1) is 0 Å². The molecule has 1 N–H and O–H groups in total. The van der Waals surface area contributed by atoms with Gasteiger partial charge in [0.25, 0.3) is 0 Å². The molecule has 1 aliphatic heterocycles. The SMILES string of the molecule is CC(C)C(=O)N1CCc2ccccc2C1C(=O)NCc1ccc(N(C)C)cc1. The fraction of sp³-hybridized carbons (Fsp3) is 0.391. The van der Waals surface area contributed by atoms with E-state index in [1.54, 1.807) is 4.90 Å². The number of benzene rings is 2. The summed E-state index contributed by atoms with van der Waals surface area (Å²) >= 11 is 0. The summed E-state index contributed by atoms with van der Waals surface area (Å²) in [5.74, 6) is -0.248. The molecule has 0 fully saturated rings. The summed E-state index contributed by atoms with van der Waals surface area (Å²) < 4.78 is 0. The quantitative estimate of drug-likeness (QED) is 0.868. The van der Waals surface area contributed by atoms with Crippen LogP contribution in [0.15, 0.2) is 48.5 Å². The minimum absolute atomic E-state index is 0.0185. The van der Waals surface area contributed by atoms with Gasteiger partial charge in [-0.05, 0) is 35.2 Å². The molecule has 5 nitrogen and oxygen atoms in total. The first kappa shape index (κ1) is 19.9. The van der Waals surface area contributed by atoms with E-state index < -0.39 is 6.04 Å². The predicted octanol–water partition coefficient (Wildman–Crippen LogP) is 3.15. The van der Waals surface area contributed by atoms with Crippen molar-refractivity contribution in [3.63, 3.8) is 0 Å². The van der Waals surface area contributed by atoms with Gasteiger partial charge in [0.1, 0.15) is 6.04 Å². The van der Waals surface area contributed by atoms with Crippen LogP contribution >= 0.6 is 0 Å². The Bertz CT molecular complexity index is 843. The standard InChI is InChI=1S/C23H29N3O2/c1-16(2)23(28)26-14-13-18-7-5-6-8-20(18)21(26)22(27)24-15-17-9-11-19(12-10-17)25(3)4/h5-12,16,21H,13-15H2,1-4H3,(H,24,27). The molecule has 148 valence electrons. The van der Waals surface area contributed by atoms with Crippen molar-refractivity contribution in [3.05, 3.63) is 65.2 Å². The van der Waals surface area contributed by atoms with E-state index in [9.17, 15) is 9.59 Å². The highest BCUT2D eigenvalue weighted by Crippen LogP contribution is 2.31. The van der Waals surface area contributed by atoms with E-state index in [-0.39, 0.29) is 17.7 Å². The minimum Gasteiger partial charge on any atom is -0.378 e. The fourth-order valence-corrected chi connectivity index (χ4v) is 3.62. The van der Waals surface area contributed by atoms with E-state index in [2.05, 4.69) is 5.32 Å². The molecule has 1 aliphatic rings. The van der Waals surface area contributed by atoms with E-state index >= 15 is 0 Å². The van der Waals surface area contributed by atoms with Crippen molar-refractivity contribution < 1.29 is 9.59 Å². The van der Waals surface area contributed by atoms with Gasteiger partial charge in [-0.3, -0.25) is 9.59 Å². The third-order valence-corrected chi connectivity index (χ3v) is 5.23. The number of carbonyl (C=O) groups excluding carboxylic acids is 2. The zero-order valence-corrected chi connectivity index (χ0v) is 17.1. The highest BCUT2D eigenvalue weighted by atomic mass is 16.2. The molecule has 0 saturated carbocycles. The second-order valence-electron chi connectivity index (χ2n) is 7.82. The number of carbonyl (C=O) groups is 2. The third-order valence-electron chi connectivity index (χ3n) is 5.23. The molecule has 3 rings (SSSR count). The van der Waals surface area contributed by atoms with Crippen LogP contribution in [-0.4, -0.2) is 37.4 Å². The molecule has 5 heteroatoms. The lowest BCUT2D eigenvalue weighted by Crippen LogP contribution is -2.48. The average Bonchev–Trinajstić information content (AvgIpc) is 2.70. The van der Waals surface area contributed by atoms with Crippen molar-refractivity contribution in [2.24, 2.45) is 5.92 Å². The summed E-state index contributed by atoms with van der Waals surface area (Å²) in [7, 11) is 4.00. The van der Waals surface area contributed by atoms with Crippen molar-refractivity contribution in [1.82, 2.24) is 10.2 Å². The Morgan fingerprint density at radius 3 is 2.43 bits per heavy atom. The lowest BCUT2D eigenvalue weighted by atomic mass is 9.91. The highest BCUT2D eigenvalue weighted by molar-refractivity contribution is 5.90. The molecule has 0 aliphatic carbocycles. The molecule has 2 aromatic carbocycles. The summed E-state index contributed by atoms with van der Waals surface area (Å²) in [5, 5.41) is 3.04. The number of hydrogen-bond acceptors (Lipinski definition) is 3. The van der Waals surface area contributed by atoms with Crippen molar-refractivity contribution in [2.75, 3.05) is 25.5 Å². The molecule has 0 radical (unpaired) electrons. The Balaban J connectivity index is 1.79. The molecule has 2 aromatic rings. The average molecular weight is 380 g/mol. The summed E-state index contributed by atoms with van der Waals surface area (Å²) in [6.07, 6.45) is 0.782. The topological polar surface area (TPSA) is 52.7 Å². The Kier molecular flexibility index (Phi) is 6.02. The molecule has 2 amide bonds. The molecule has 28 heavy (non-hydrogen) atoms. The smallest absolute Gasteiger partial charge is 0.247 e. The van der Waals surface area contributed by atoms with Crippen LogP contribution in [0, 0.1) is 5.92 Å². The molecule has 0 aromatic heterocycles. The summed E-state index contributed by atoms with van der Waals surface area (Å²) in [6, 6.07) is 15.5. The predicted molar refractivity (Wildman–Crippen MR) is 112 cm³/mol. The van der Waals surface area contributed by atoms with Crippen LogP contribution in [0.5, 0.6) is 0 Å². The minimum atomic E-state index is -0.569. The zero-order valence-electron chi connectivity index (χ0n) is 17.1. The Morgan fingerprint density at radius 2 is 1.79 bits per heavy atom. The van der Waals surface area contributed by atoms with Gasteiger partial charge in [0.2, 0.25) is 11.8 Å². The Morgan fingerprint density at radius 1 is 1.11 bits per heavy atom. The number of rotatable bonds is 5. The molecule has 1 atom stereocenters. The Hall–Kier alpha value is -2.82. The van der Waals surface area contributed by atoms with E-state index in [0.29, 0.717) is 13.1 Å². The monoisotopic (exact) mass is 379 g/mol. The second-order valence-corrected chi connectivity index (χ2v) is 7.82. The van der Waals surface area contributed by atoms with Gasteiger partial charge in [0.15, 0.2) is 0 Å². The fourth-order valence-electron chi connectivity index (χ4n) is 3.62. The maximum absolute atomic E-state index is 13.1. The number of hydrogen-bond donors (Lipinski definition) is 1.